The zero-order chi connectivity index (χ0) is 58.1. The van der Waals surface area contributed by atoms with Crippen molar-refractivity contribution >= 4 is 102 Å². The van der Waals surface area contributed by atoms with Crippen LogP contribution in [0.1, 0.15) is 83.6 Å². The number of H-pyrrole nitrogens is 1. The molecule has 0 fully saturated rings. The van der Waals surface area contributed by atoms with Gasteiger partial charge in [0.25, 0.3) is 17.7 Å². The van der Waals surface area contributed by atoms with Crippen molar-refractivity contribution in [2.45, 2.75) is 51.7 Å². The van der Waals surface area contributed by atoms with E-state index >= 15 is 0 Å². The molecule has 2 unspecified atom stereocenters. The number of carbonyl (C=O) groups is 4. The van der Waals surface area contributed by atoms with Crippen molar-refractivity contribution in [1.29, 1.82) is 0 Å². The van der Waals surface area contributed by atoms with Gasteiger partial charge >= 0.3 is 12.1 Å². The van der Waals surface area contributed by atoms with Gasteiger partial charge in [0.05, 0.1) is 34.3 Å². The summed E-state index contributed by atoms with van der Waals surface area (Å²) in [5, 5.41) is 19.5. The second-order valence-electron chi connectivity index (χ2n) is 18.8. The minimum absolute atomic E-state index is 0.0581. The number of fused-ring (bicyclic) bond motifs is 3. The molecule has 19 heteroatoms. The number of imidazole rings is 2. The number of rotatable bonds is 10. The number of aryl methyl sites for hydroxylation is 2. The number of amidine groups is 1. The van der Waals surface area contributed by atoms with Crippen molar-refractivity contribution in [3.63, 3.8) is 0 Å². The third-order valence-corrected chi connectivity index (χ3v) is 14.3. The standard InChI is InChI=1S/C33H27ClN3OP.2C14H13N3O.C2HF3O2/c1-2-31-35-24(20-27-26-12-6-9-15-30(26)36-32(27)38)21-37(31)33(22-10-4-3-5-11-22,23-16-18-25(39)19-17-23)28-13-7-8-14-29(28)34;2*1-2-13-15-8-9(16-13)7-11-10-5-3-4-6-12(10)17-14(11)18;3-2(4,5)1(6)7/h3-21H,2,39H2,1H3,(H,36,38);2*3-8H,2H2,1H3,(H,15,16)(H,17,18);(H,6,7)/p+1/b27-20+;11-7+;;. The Kier molecular flexibility index (Phi) is 17.5. The van der Waals surface area contributed by atoms with Crippen molar-refractivity contribution < 1.29 is 42.8 Å². The molecule has 0 aliphatic carbocycles. The first-order chi connectivity index (χ1) is 39.5. The number of carbonyl (C=O) groups excluding carboxylic acids is 3. The number of benzene rings is 6. The number of carboxylic acid groups (broad SMARTS) is 1. The molecular formula is C63H55ClF3N9O5P+. The average molecular weight is 1140 g/mol. The number of aliphatic imine (C=N–C) groups is 1. The number of nitrogens with zero attached hydrogens (tertiary/aromatic N) is 4. The SMILES string of the molecule is CCC1=NC(/C=C2/C(=O)Nc3ccccc32)=C[NH2+]1.CCc1nc(/C=C2/C(=O)Nc3ccccc32)cn1C(c1ccccc1)(c1ccc(P)cc1)c1ccccc1Cl.CCc1ncc(C=C2C(=O)Nc3ccccc32)[nH]1.O=C(O)C(F)(F)F. The smallest absolute Gasteiger partial charge is 0.475 e. The summed E-state index contributed by atoms with van der Waals surface area (Å²) in [4.78, 5) is 62.5. The summed E-state index contributed by atoms with van der Waals surface area (Å²) >= 11 is 7.00. The Hall–Kier alpha value is -9.28. The molecule has 4 aliphatic heterocycles. The molecule has 6 aromatic carbocycles. The van der Waals surface area contributed by atoms with E-state index in [2.05, 4.69) is 113 Å². The van der Waals surface area contributed by atoms with Gasteiger partial charge in [0.2, 0.25) is 5.84 Å². The number of nitrogens with one attached hydrogen (secondary N) is 4. The maximum Gasteiger partial charge on any atom is 0.490 e. The van der Waals surface area contributed by atoms with Crippen LogP contribution < -0.4 is 26.6 Å². The monoisotopic (exact) mass is 1140 g/mol. The van der Waals surface area contributed by atoms with Gasteiger partial charge in [0.1, 0.15) is 29.1 Å². The van der Waals surface area contributed by atoms with E-state index in [0.29, 0.717) is 33.9 Å². The van der Waals surface area contributed by atoms with E-state index in [9.17, 15) is 27.6 Å². The summed E-state index contributed by atoms with van der Waals surface area (Å²) in [5.41, 5.74) is 12.0. The predicted octanol–water partition coefficient (Wildman–Crippen LogP) is 11.3. The van der Waals surface area contributed by atoms with Gasteiger partial charge in [-0.15, -0.1) is 9.24 Å². The second kappa shape index (κ2) is 25.0. The van der Waals surface area contributed by atoms with Crippen LogP contribution in [-0.4, -0.2) is 60.3 Å². The molecular weight excluding hydrogens is 1090 g/mol. The fourth-order valence-corrected chi connectivity index (χ4v) is 10.2. The number of anilines is 3. The summed E-state index contributed by atoms with van der Waals surface area (Å²) in [6.45, 7) is 6.20. The maximum absolute atomic E-state index is 12.9. The first kappa shape index (κ1) is 57.4. The number of amides is 3. The van der Waals surface area contributed by atoms with E-state index in [1.165, 1.54) is 0 Å². The van der Waals surface area contributed by atoms with Gasteiger partial charge in [-0.3, -0.25) is 19.7 Å². The van der Waals surface area contributed by atoms with Crippen LogP contribution in [0.4, 0.5) is 30.2 Å². The predicted molar refractivity (Wildman–Crippen MR) is 319 cm³/mol. The van der Waals surface area contributed by atoms with E-state index < -0.39 is 17.7 Å². The fraction of sp³-hybridized carbons (Fsp3) is 0.127. The summed E-state index contributed by atoms with van der Waals surface area (Å²) in [6, 6.07) is 50.0. The number of aromatic amines is 1. The molecule has 0 bridgehead atoms. The first-order valence-corrected chi connectivity index (χ1v) is 27.1. The molecule has 12 rings (SSSR count). The van der Waals surface area contributed by atoms with Gasteiger partial charge in [-0.05, 0) is 58.9 Å². The highest BCUT2D eigenvalue weighted by atomic mass is 35.5. The molecule has 7 N–H and O–H groups in total. The van der Waals surface area contributed by atoms with Crippen LogP contribution in [0.25, 0.3) is 28.9 Å². The number of alkyl halides is 3. The topological polar surface area (TPSA) is 200 Å². The molecule has 82 heavy (non-hydrogen) atoms. The van der Waals surface area contributed by atoms with Gasteiger partial charge in [0, 0.05) is 69.8 Å². The number of para-hydroxylation sites is 3. The number of aliphatic carboxylic acids is 1. The number of hydrogen-bond donors (Lipinski definition) is 6. The van der Waals surface area contributed by atoms with Crippen molar-refractivity contribution in [3.8, 4) is 0 Å². The largest absolute Gasteiger partial charge is 0.490 e. The highest BCUT2D eigenvalue weighted by Crippen LogP contribution is 2.45. The van der Waals surface area contributed by atoms with E-state index in [1.807, 2.05) is 140 Å². The van der Waals surface area contributed by atoms with Crippen LogP contribution in [0.3, 0.4) is 0 Å². The lowest BCUT2D eigenvalue weighted by molar-refractivity contribution is -0.460. The lowest BCUT2D eigenvalue weighted by Gasteiger charge is -2.39. The number of nitrogens with two attached hydrogens (primary N) is 1. The number of halogens is 4. The molecule has 0 radical (unpaired) electrons. The zero-order valence-electron chi connectivity index (χ0n) is 44.6. The molecule has 0 spiro atoms. The van der Waals surface area contributed by atoms with Crippen LogP contribution in [0, 0.1) is 0 Å². The number of hydrogen-bond acceptors (Lipinski definition) is 7. The summed E-state index contributed by atoms with van der Waals surface area (Å²) < 4.78 is 34.0. The minimum atomic E-state index is -5.08. The third kappa shape index (κ3) is 12.4. The number of quaternary nitrogens is 1. The first-order valence-electron chi connectivity index (χ1n) is 26.1. The van der Waals surface area contributed by atoms with E-state index in [4.69, 9.17) is 26.5 Å². The van der Waals surface area contributed by atoms with Gasteiger partial charge in [-0.1, -0.05) is 160 Å². The van der Waals surface area contributed by atoms with Gasteiger partial charge in [0.15, 0.2) is 0 Å². The molecule has 0 saturated carbocycles. The lowest BCUT2D eigenvalue weighted by atomic mass is 9.76. The Labute approximate surface area is 477 Å². The second-order valence-corrected chi connectivity index (χ2v) is 19.9. The fourth-order valence-electron chi connectivity index (χ4n) is 9.72. The highest BCUT2D eigenvalue weighted by Gasteiger charge is 2.42. The van der Waals surface area contributed by atoms with Gasteiger partial charge < -0.3 is 30.6 Å². The van der Waals surface area contributed by atoms with E-state index in [1.54, 1.807) is 6.20 Å². The molecule has 414 valence electrons. The van der Waals surface area contributed by atoms with Crippen molar-refractivity contribution in [2.24, 2.45) is 4.99 Å². The lowest BCUT2D eigenvalue weighted by Crippen LogP contribution is -2.80. The summed E-state index contributed by atoms with van der Waals surface area (Å²) in [7, 11) is 2.76. The van der Waals surface area contributed by atoms with Crippen LogP contribution in [-0.2, 0) is 37.6 Å². The molecule has 14 nitrogen and oxygen atoms in total. The Morgan fingerprint density at radius 3 is 1.66 bits per heavy atom. The molecule has 0 saturated heterocycles. The molecule has 3 amide bonds. The van der Waals surface area contributed by atoms with Crippen LogP contribution >= 0.6 is 20.8 Å². The van der Waals surface area contributed by atoms with Crippen molar-refractivity contribution in [1.82, 2.24) is 19.5 Å². The Balaban J connectivity index is 0.000000156. The number of carboxylic acids is 1. The molecule has 8 aromatic rings. The molecule has 4 aliphatic rings. The summed E-state index contributed by atoms with van der Waals surface area (Å²) in [6.07, 6.45) is 8.67. The normalized spacial score (nSPS) is 16.0. The van der Waals surface area contributed by atoms with Crippen molar-refractivity contribution in [3.05, 3.63) is 243 Å². The van der Waals surface area contributed by atoms with Gasteiger partial charge in [-0.2, -0.15) is 18.2 Å². The quantitative estimate of drug-likeness (QED) is 0.0444. The van der Waals surface area contributed by atoms with Crippen LogP contribution in [0.2, 0.25) is 5.02 Å². The Morgan fingerprint density at radius 2 is 1.16 bits per heavy atom. The molecule has 6 heterocycles. The van der Waals surface area contributed by atoms with E-state index in [-0.39, 0.29) is 17.7 Å². The van der Waals surface area contributed by atoms with E-state index in [0.717, 1.165) is 97.5 Å². The van der Waals surface area contributed by atoms with Crippen LogP contribution in [0.5, 0.6) is 0 Å². The number of aromatic nitrogens is 4. The number of allylic oxidation sites excluding steroid dienone is 1. The Bertz CT molecular complexity index is 3900. The average Bonchev–Trinajstić information content (AvgIpc) is 2.68. The minimum Gasteiger partial charge on any atom is -0.475 e. The Morgan fingerprint density at radius 1 is 0.659 bits per heavy atom. The van der Waals surface area contributed by atoms with Crippen molar-refractivity contribution in [2.75, 3.05) is 16.0 Å². The maximum atomic E-state index is 12.9. The van der Waals surface area contributed by atoms with Crippen LogP contribution in [0.15, 0.2) is 187 Å². The van der Waals surface area contributed by atoms with Gasteiger partial charge in [-0.25, -0.2) is 14.8 Å². The third-order valence-electron chi connectivity index (χ3n) is 13.6. The zero-order valence-corrected chi connectivity index (χ0v) is 46.5. The summed E-state index contributed by atoms with van der Waals surface area (Å²) in [5.74, 6) is -0.150. The molecule has 2 atom stereocenters. The highest BCUT2D eigenvalue weighted by molar-refractivity contribution is 7.27. The molecule has 2 aromatic heterocycles.